The Bertz CT molecular complexity index is 360. The van der Waals surface area contributed by atoms with E-state index in [4.69, 9.17) is 16.3 Å². The maximum Gasteiger partial charge on any atom is 0.0949 e. The van der Waals surface area contributed by atoms with Gasteiger partial charge >= 0.3 is 0 Å². The van der Waals surface area contributed by atoms with E-state index in [9.17, 15) is 0 Å². The summed E-state index contributed by atoms with van der Waals surface area (Å²) in [7, 11) is 0. The van der Waals surface area contributed by atoms with Crippen molar-refractivity contribution in [3.63, 3.8) is 0 Å². The summed E-state index contributed by atoms with van der Waals surface area (Å²) < 4.78 is 6.15. The van der Waals surface area contributed by atoms with Crippen LogP contribution in [-0.2, 0) is 4.74 Å². The molecule has 1 aliphatic carbocycles. The maximum atomic E-state index is 6.15. The van der Waals surface area contributed by atoms with Gasteiger partial charge in [0.2, 0.25) is 0 Å². The quantitative estimate of drug-likeness (QED) is 0.809. The van der Waals surface area contributed by atoms with Gasteiger partial charge < -0.3 is 10.1 Å². The van der Waals surface area contributed by atoms with Crippen LogP contribution in [0.2, 0.25) is 5.02 Å². The number of benzene rings is 1. The Morgan fingerprint density at radius 1 is 1.26 bits per heavy atom. The number of ether oxygens (including phenoxy) is 1. The second kappa shape index (κ2) is 7.88. The van der Waals surface area contributed by atoms with E-state index >= 15 is 0 Å². The molecule has 2 nitrogen and oxygen atoms in total. The highest BCUT2D eigenvalue weighted by molar-refractivity contribution is 6.30. The van der Waals surface area contributed by atoms with Crippen molar-refractivity contribution in [2.45, 2.75) is 38.7 Å². The highest BCUT2D eigenvalue weighted by atomic mass is 35.5. The first-order chi connectivity index (χ1) is 9.29. The number of hydrogen-bond donors (Lipinski definition) is 1. The molecular weight excluding hydrogens is 258 g/mol. The first-order valence-electron chi connectivity index (χ1n) is 7.37. The van der Waals surface area contributed by atoms with Crippen LogP contribution in [0.25, 0.3) is 0 Å². The molecule has 1 atom stereocenters. The highest BCUT2D eigenvalue weighted by Crippen LogP contribution is 2.27. The zero-order valence-electron chi connectivity index (χ0n) is 11.7. The molecule has 106 valence electrons. The Balaban J connectivity index is 1.91. The van der Waals surface area contributed by atoms with E-state index in [-0.39, 0.29) is 6.10 Å². The lowest BCUT2D eigenvalue weighted by molar-refractivity contribution is 0.0298. The van der Waals surface area contributed by atoms with Gasteiger partial charge in [-0.25, -0.2) is 0 Å². The average molecular weight is 282 g/mol. The normalized spacial score (nSPS) is 17.8. The monoisotopic (exact) mass is 281 g/mol. The highest BCUT2D eigenvalue weighted by Gasteiger charge is 2.18. The van der Waals surface area contributed by atoms with Gasteiger partial charge in [-0.15, -0.1) is 0 Å². The van der Waals surface area contributed by atoms with Crippen LogP contribution in [0.1, 0.15) is 44.3 Å². The summed E-state index contributed by atoms with van der Waals surface area (Å²) in [6.45, 7) is 4.84. The van der Waals surface area contributed by atoms with Crippen LogP contribution in [0, 0.1) is 5.92 Å². The van der Waals surface area contributed by atoms with Crippen LogP contribution in [0.5, 0.6) is 0 Å². The Morgan fingerprint density at radius 3 is 2.58 bits per heavy atom. The van der Waals surface area contributed by atoms with Gasteiger partial charge in [0.1, 0.15) is 0 Å². The van der Waals surface area contributed by atoms with E-state index in [1.165, 1.54) is 31.2 Å². The minimum Gasteiger partial charge on any atom is -0.372 e. The number of halogens is 1. The summed E-state index contributed by atoms with van der Waals surface area (Å²) in [6, 6.07) is 8.02. The molecule has 0 amide bonds. The number of hydrogen-bond acceptors (Lipinski definition) is 2. The van der Waals surface area contributed by atoms with E-state index in [2.05, 4.69) is 24.4 Å². The number of rotatable bonds is 7. The zero-order valence-corrected chi connectivity index (χ0v) is 12.5. The molecule has 0 bridgehead atoms. The van der Waals surface area contributed by atoms with Crippen molar-refractivity contribution in [1.29, 1.82) is 0 Å². The SMILES string of the molecule is CCNCC(OCC1CCCC1)c1ccc(Cl)cc1. The third-order valence-electron chi connectivity index (χ3n) is 3.83. The first-order valence-corrected chi connectivity index (χ1v) is 7.75. The van der Waals surface area contributed by atoms with Crippen molar-refractivity contribution in [1.82, 2.24) is 5.32 Å². The topological polar surface area (TPSA) is 21.3 Å². The zero-order chi connectivity index (χ0) is 13.5. The van der Waals surface area contributed by atoms with Gasteiger partial charge in [0.05, 0.1) is 12.7 Å². The van der Waals surface area contributed by atoms with Crippen LogP contribution in [0.4, 0.5) is 0 Å². The third-order valence-corrected chi connectivity index (χ3v) is 4.08. The molecule has 0 aliphatic heterocycles. The van der Waals surface area contributed by atoms with E-state index in [1.54, 1.807) is 0 Å². The fraction of sp³-hybridized carbons (Fsp3) is 0.625. The van der Waals surface area contributed by atoms with Gasteiger partial charge in [-0.05, 0) is 43.0 Å². The number of likely N-dealkylation sites (N-methyl/N-ethyl adjacent to an activating group) is 1. The summed E-state index contributed by atoms with van der Waals surface area (Å²) in [5.41, 5.74) is 1.21. The van der Waals surface area contributed by atoms with E-state index in [0.717, 1.165) is 30.6 Å². The molecule has 0 spiro atoms. The van der Waals surface area contributed by atoms with Crippen LogP contribution in [0.3, 0.4) is 0 Å². The average Bonchev–Trinajstić information content (AvgIpc) is 2.93. The molecule has 1 N–H and O–H groups in total. The predicted molar refractivity (Wildman–Crippen MR) is 80.6 cm³/mol. The molecule has 1 aromatic carbocycles. The Kier molecular flexibility index (Phi) is 6.15. The van der Waals surface area contributed by atoms with Crippen molar-refractivity contribution < 1.29 is 4.74 Å². The lowest BCUT2D eigenvalue weighted by Crippen LogP contribution is -2.24. The fourth-order valence-corrected chi connectivity index (χ4v) is 2.78. The standard InChI is InChI=1S/C16H24ClNO/c1-2-18-11-16(14-7-9-15(17)10-8-14)19-12-13-5-3-4-6-13/h7-10,13,16,18H,2-6,11-12H2,1H3. The molecular formula is C16H24ClNO. The van der Waals surface area contributed by atoms with E-state index < -0.39 is 0 Å². The minimum absolute atomic E-state index is 0.137. The molecule has 3 heteroatoms. The van der Waals surface area contributed by atoms with Crippen LogP contribution >= 0.6 is 11.6 Å². The second-order valence-electron chi connectivity index (χ2n) is 5.33. The molecule has 1 unspecified atom stereocenters. The Hall–Kier alpha value is -0.570. The van der Waals surface area contributed by atoms with Crippen LogP contribution in [-0.4, -0.2) is 19.7 Å². The molecule has 0 radical (unpaired) electrons. The third kappa shape index (κ3) is 4.79. The molecule has 1 aromatic rings. The predicted octanol–water partition coefficient (Wildman–Crippen LogP) is 4.20. The van der Waals surface area contributed by atoms with Crippen LogP contribution < -0.4 is 5.32 Å². The van der Waals surface area contributed by atoms with Crippen molar-refractivity contribution in [3.05, 3.63) is 34.9 Å². The minimum atomic E-state index is 0.137. The van der Waals surface area contributed by atoms with Gasteiger partial charge in [0.15, 0.2) is 0 Å². The second-order valence-corrected chi connectivity index (χ2v) is 5.77. The van der Waals surface area contributed by atoms with Gasteiger partial charge in [-0.3, -0.25) is 0 Å². The van der Waals surface area contributed by atoms with Gasteiger partial charge in [0.25, 0.3) is 0 Å². The van der Waals surface area contributed by atoms with Gasteiger partial charge in [-0.1, -0.05) is 43.5 Å². The largest absolute Gasteiger partial charge is 0.372 e. The van der Waals surface area contributed by atoms with Crippen molar-refractivity contribution in [2.24, 2.45) is 5.92 Å². The summed E-state index contributed by atoms with van der Waals surface area (Å²) in [6.07, 6.45) is 5.53. The first kappa shape index (κ1) is 14.8. The summed E-state index contributed by atoms with van der Waals surface area (Å²) in [5, 5.41) is 4.16. The molecule has 1 saturated carbocycles. The van der Waals surface area contributed by atoms with Crippen molar-refractivity contribution >= 4 is 11.6 Å². The summed E-state index contributed by atoms with van der Waals surface area (Å²) in [4.78, 5) is 0. The number of nitrogens with one attached hydrogen (secondary N) is 1. The Morgan fingerprint density at radius 2 is 1.95 bits per heavy atom. The summed E-state index contributed by atoms with van der Waals surface area (Å²) >= 11 is 5.94. The maximum absolute atomic E-state index is 6.15. The lowest BCUT2D eigenvalue weighted by Gasteiger charge is -2.21. The molecule has 0 aromatic heterocycles. The molecule has 1 aliphatic rings. The van der Waals surface area contributed by atoms with Crippen LogP contribution in [0.15, 0.2) is 24.3 Å². The molecule has 19 heavy (non-hydrogen) atoms. The van der Waals surface area contributed by atoms with Crippen molar-refractivity contribution in [2.75, 3.05) is 19.7 Å². The Labute approximate surface area is 121 Å². The van der Waals surface area contributed by atoms with E-state index in [1.807, 2.05) is 12.1 Å². The lowest BCUT2D eigenvalue weighted by atomic mass is 10.1. The van der Waals surface area contributed by atoms with Gasteiger partial charge in [-0.2, -0.15) is 0 Å². The smallest absolute Gasteiger partial charge is 0.0949 e. The molecule has 0 saturated heterocycles. The van der Waals surface area contributed by atoms with Crippen molar-refractivity contribution in [3.8, 4) is 0 Å². The molecule has 1 fully saturated rings. The molecule has 2 rings (SSSR count). The van der Waals surface area contributed by atoms with Gasteiger partial charge in [0, 0.05) is 11.6 Å². The fourth-order valence-electron chi connectivity index (χ4n) is 2.66. The summed E-state index contributed by atoms with van der Waals surface area (Å²) in [5.74, 6) is 0.761. The molecule has 0 heterocycles. The van der Waals surface area contributed by atoms with E-state index in [0.29, 0.717) is 0 Å².